The molecule has 84 valence electrons. The molecule has 0 amide bonds. The number of methoxy groups -OCH3 is 1. The number of rotatable bonds is 3. The van der Waals surface area contributed by atoms with E-state index < -0.39 is 0 Å². The summed E-state index contributed by atoms with van der Waals surface area (Å²) in [6.45, 7) is 1.90. The molecule has 0 aliphatic carbocycles. The van der Waals surface area contributed by atoms with Gasteiger partial charge in [-0.2, -0.15) is 0 Å². The van der Waals surface area contributed by atoms with Crippen molar-refractivity contribution in [2.45, 2.75) is 13.0 Å². The van der Waals surface area contributed by atoms with Gasteiger partial charge in [0.1, 0.15) is 15.8 Å². The van der Waals surface area contributed by atoms with Gasteiger partial charge in [-0.05, 0) is 31.2 Å². The van der Waals surface area contributed by atoms with Crippen LogP contribution in [0, 0.1) is 0 Å². The molecule has 0 bridgehead atoms. The molecule has 0 spiro atoms. The Labute approximate surface area is 98.1 Å². The summed E-state index contributed by atoms with van der Waals surface area (Å²) in [7, 11) is 1.65. The zero-order valence-electron chi connectivity index (χ0n) is 9.18. The normalized spacial score (nSPS) is 12.4. The predicted octanol–water partition coefficient (Wildman–Crippen LogP) is 2.23. The van der Waals surface area contributed by atoms with Crippen LogP contribution in [0.3, 0.4) is 0 Å². The van der Waals surface area contributed by atoms with Gasteiger partial charge in [-0.25, -0.2) is 0 Å². The monoisotopic (exact) mass is 235 g/mol. The Morgan fingerprint density at radius 1 is 1.25 bits per heavy atom. The Morgan fingerprint density at radius 3 is 2.44 bits per heavy atom. The highest BCUT2D eigenvalue weighted by molar-refractivity contribution is 7.14. The lowest BCUT2D eigenvalue weighted by molar-refractivity contribution is 0.415. The second-order valence-electron chi connectivity index (χ2n) is 3.46. The first kappa shape index (κ1) is 11.0. The van der Waals surface area contributed by atoms with Crippen LogP contribution in [0.5, 0.6) is 5.75 Å². The van der Waals surface area contributed by atoms with Gasteiger partial charge in [-0.3, -0.25) is 0 Å². The fraction of sp³-hybridized carbons (Fsp3) is 0.273. The molecular weight excluding hydrogens is 222 g/mol. The van der Waals surface area contributed by atoms with E-state index in [9.17, 15) is 0 Å². The van der Waals surface area contributed by atoms with Crippen LogP contribution < -0.4 is 10.5 Å². The third-order valence-corrected chi connectivity index (χ3v) is 3.34. The lowest BCUT2D eigenvalue weighted by atomic mass is 10.2. The van der Waals surface area contributed by atoms with Crippen molar-refractivity contribution >= 4 is 11.3 Å². The highest BCUT2D eigenvalue weighted by Gasteiger charge is 2.09. The van der Waals surface area contributed by atoms with Crippen LogP contribution in [0.4, 0.5) is 0 Å². The van der Waals surface area contributed by atoms with E-state index in [4.69, 9.17) is 10.5 Å². The van der Waals surface area contributed by atoms with Gasteiger partial charge < -0.3 is 10.5 Å². The van der Waals surface area contributed by atoms with Crippen LogP contribution in [0.1, 0.15) is 18.0 Å². The summed E-state index contributed by atoms with van der Waals surface area (Å²) in [6.07, 6.45) is 0. The van der Waals surface area contributed by atoms with Crippen molar-refractivity contribution in [1.82, 2.24) is 10.2 Å². The smallest absolute Gasteiger partial charge is 0.147 e. The minimum Gasteiger partial charge on any atom is -0.497 e. The maximum absolute atomic E-state index is 5.74. The first-order valence-electron chi connectivity index (χ1n) is 4.94. The highest BCUT2D eigenvalue weighted by atomic mass is 32.1. The first-order chi connectivity index (χ1) is 7.70. The maximum Gasteiger partial charge on any atom is 0.147 e. The number of nitrogens with two attached hydrogens (primary N) is 1. The number of hydrogen-bond donors (Lipinski definition) is 1. The fourth-order valence-corrected chi connectivity index (χ4v) is 2.07. The molecule has 1 aromatic carbocycles. The van der Waals surface area contributed by atoms with E-state index in [0.29, 0.717) is 0 Å². The molecule has 16 heavy (non-hydrogen) atoms. The molecule has 0 radical (unpaired) electrons. The Kier molecular flexibility index (Phi) is 3.17. The lowest BCUT2D eigenvalue weighted by Gasteiger charge is -1.99. The van der Waals surface area contributed by atoms with E-state index in [1.165, 1.54) is 11.3 Å². The topological polar surface area (TPSA) is 61.0 Å². The summed E-state index contributed by atoms with van der Waals surface area (Å²) < 4.78 is 5.10. The summed E-state index contributed by atoms with van der Waals surface area (Å²) in [4.78, 5) is 0. The van der Waals surface area contributed by atoms with Gasteiger partial charge in [0.2, 0.25) is 0 Å². The molecule has 1 heterocycles. The molecule has 1 aromatic heterocycles. The second-order valence-corrected chi connectivity index (χ2v) is 4.47. The van der Waals surface area contributed by atoms with Crippen LogP contribution in [0.2, 0.25) is 0 Å². The Balaban J connectivity index is 2.28. The number of hydrogen-bond acceptors (Lipinski definition) is 5. The average Bonchev–Trinajstić information content (AvgIpc) is 2.78. The minimum absolute atomic E-state index is 0.0653. The van der Waals surface area contributed by atoms with E-state index in [2.05, 4.69) is 10.2 Å². The van der Waals surface area contributed by atoms with Crippen LogP contribution in [0.25, 0.3) is 10.6 Å². The molecule has 5 heteroatoms. The summed E-state index contributed by atoms with van der Waals surface area (Å²) in [5, 5.41) is 9.89. The van der Waals surface area contributed by atoms with Crippen molar-refractivity contribution in [3.05, 3.63) is 29.3 Å². The molecule has 0 saturated heterocycles. The largest absolute Gasteiger partial charge is 0.497 e. The van der Waals surface area contributed by atoms with Gasteiger partial charge in [-0.15, -0.1) is 10.2 Å². The number of benzene rings is 1. The van der Waals surface area contributed by atoms with Gasteiger partial charge in [0, 0.05) is 5.56 Å². The Hall–Kier alpha value is -1.46. The SMILES string of the molecule is COc1ccc(-c2nnc(C(C)N)s2)cc1. The molecule has 0 fully saturated rings. The van der Waals surface area contributed by atoms with Crippen LogP contribution in [-0.4, -0.2) is 17.3 Å². The molecule has 0 aliphatic heterocycles. The van der Waals surface area contributed by atoms with Gasteiger partial charge in [0.05, 0.1) is 13.2 Å². The van der Waals surface area contributed by atoms with Crippen LogP contribution in [0.15, 0.2) is 24.3 Å². The third-order valence-electron chi connectivity index (χ3n) is 2.17. The van der Waals surface area contributed by atoms with Gasteiger partial charge in [0.25, 0.3) is 0 Å². The van der Waals surface area contributed by atoms with Crippen molar-refractivity contribution in [3.8, 4) is 16.3 Å². The second kappa shape index (κ2) is 4.59. The van der Waals surface area contributed by atoms with E-state index in [1.807, 2.05) is 31.2 Å². The van der Waals surface area contributed by atoms with Crippen molar-refractivity contribution in [1.29, 1.82) is 0 Å². The van der Waals surface area contributed by atoms with Gasteiger partial charge in [-0.1, -0.05) is 11.3 Å². The molecule has 2 N–H and O–H groups in total. The molecule has 2 aromatic rings. The predicted molar refractivity (Wildman–Crippen MR) is 64.5 cm³/mol. The molecule has 2 rings (SSSR count). The third kappa shape index (κ3) is 2.20. The summed E-state index contributed by atoms with van der Waals surface area (Å²) in [5.41, 5.74) is 6.77. The molecule has 1 atom stereocenters. The lowest BCUT2D eigenvalue weighted by Crippen LogP contribution is -2.03. The molecular formula is C11H13N3OS. The van der Waals surface area contributed by atoms with Crippen molar-refractivity contribution in [2.24, 2.45) is 5.73 Å². The number of aromatic nitrogens is 2. The standard InChI is InChI=1S/C11H13N3OS/c1-7(12)10-13-14-11(16-10)8-3-5-9(15-2)6-4-8/h3-7H,12H2,1-2H3. The van der Waals surface area contributed by atoms with Crippen molar-refractivity contribution in [2.75, 3.05) is 7.11 Å². The van der Waals surface area contributed by atoms with E-state index >= 15 is 0 Å². The molecule has 4 nitrogen and oxygen atoms in total. The first-order valence-corrected chi connectivity index (χ1v) is 5.76. The van der Waals surface area contributed by atoms with Crippen molar-refractivity contribution < 1.29 is 4.74 Å². The zero-order valence-corrected chi connectivity index (χ0v) is 9.99. The van der Waals surface area contributed by atoms with Gasteiger partial charge in [0.15, 0.2) is 0 Å². The Bertz CT molecular complexity index is 464. The highest BCUT2D eigenvalue weighted by Crippen LogP contribution is 2.27. The molecule has 1 unspecified atom stereocenters. The van der Waals surface area contributed by atoms with E-state index in [1.54, 1.807) is 7.11 Å². The van der Waals surface area contributed by atoms with Gasteiger partial charge >= 0.3 is 0 Å². The number of nitrogens with zero attached hydrogens (tertiary/aromatic N) is 2. The van der Waals surface area contributed by atoms with E-state index in [0.717, 1.165) is 21.3 Å². The quantitative estimate of drug-likeness (QED) is 0.886. The summed E-state index contributed by atoms with van der Waals surface area (Å²) in [5.74, 6) is 0.834. The minimum atomic E-state index is -0.0653. The number of ether oxygens (including phenoxy) is 1. The maximum atomic E-state index is 5.74. The average molecular weight is 235 g/mol. The molecule has 0 aliphatic rings. The van der Waals surface area contributed by atoms with Crippen LogP contribution in [-0.2, 0) is 0 Å². The van der Waals surface area contributed by atoms with Crippen LogP contribution >= 0.6 is 11.3 Å². The summed E-state index contributed by atoms with van der Waals surface area (Å²) >= 11 is 1.52. The Morgan fingerprint density at radius 2 is 1.94 bits per heavy atom. The zero-order chi connectivity index (χ0) is 11.5. The fourth-order valence-electron chi connectivity index (χ4n) is 1.27. The summed E-state index contributed by atoms with van der Waals surface area (Å²) in [6, 6.07) is 7.67. The van der Waals surface area contributed by atoms with E-state index in [-0.39, 0.29) is 6.04 Å². The van der Waals surface area contributed by atoms with Crippen molar-refractivity contribution in [3.63, 3.8) is 0 Å². The molecule has 0 saturated carbocycles.